The molecule has 0 aliphatic carbocycles. The average Bonchev–Trinajstić information content (AvgIpc) is 2.74. The smallest absolute Gasteiger partial charge is 0.319 e. The number of nitrogens with one attached hydrogen (secondary N) is 1. The van der Waals surface area contributed by atoms with E-state index in [1.54, 1.807) is 31.2 Å². The molecule has 118 valence electrons. The van der Waals surface area contributed by atoms with E-state index in [1.165, 1.54) is 4.90 Å². The first kappa shape index (κ1) is 15.6. The lowest BCUT2D eigenvalue weighted by Gasteiger charge is -2.22. The van der Waals surface area contributed by atoms with Crippen LogP contribution in [0.2, 0.25) is 5.02 Å². The van der Waals surface area contributed by atoms with Crippen molar-refractivity contribution in [2.24, 2.45) is 0 Å². The molecule has 0 saturated carbocycles. The number of urea groups is 1. The van der Waals surface area contributed by atoms with Crippen LogP contribution < -0.4 is 5.32 Å². The molecule has 1 N–H and O–H groups in total. The molecule has 5 heteroatoms. The van der Waals surface area contributed by atoms with Crippen molar-refractivity contribution in [1.29, 1.82) is 0 Å². The van der Waals surface area contributed by atoms with Gasteiger partial charge >= 0.3 is 6.03 Å². The lowest BCUT2D eigenvalue weighted by molar-refractivity contribution is -0.131. The van der Waals surface area contributed by atoms with Crippen LogP contribution in [-0.4, -0.2) is 16.8 Å². The van der Waals surface area contributed by atoms with Gasteiger partial charge in [0, 0.05) is 5.02 Å². The molecule has 1 fully saturated rings. The van der Waals surface area contributed by atoms with Gasteiger partial charge < -0.3 is 5.32 Å². The molecule has 3 amide bonds. The van der Waals surface area contributed by atoms with Crippen molar-refractivity contribution in [3.05, 3.63) is 70.2 Å². The first-order valence-electron chi connectivity index (χ1n) is 7.36. The summed E-state index contributed by atoms with van der Waals surface area (Å²) in [5.74, 6) is -0.256. The highest BCUT2D eigenvalue weighted by atomic mass is 35.5. The zero-order chi connectivity index (χ0) is 16.6. The van der Waals surface area contributed by atoms with Crippen molar-refractivity contribution in [3.63, 3.8) is 0 Å². The maximum Gasteiger partial charge on any atom is 0.325 e. The molecule has 1 atom stereocenters. The highest BCUT2D eigenvalue weighted by molar-refractivity contribution is 6.30. The van der Waals surface area contributed by atoms with Crippen LogP contribution in [0.1, 0.15) is 23.6 Å². The first-order valence-corrected chi connectivity index (χ1v) is 7.74. The summed E-state index contributed by atoms with van der Waals surface area (Å²) in [7, 11) is 0. The van der Waals surface area contributed by atoms with Gasteiger partial charge in [-0.25, -0.2) is 4.79 Å². The number of imide groups is 1. The molecule has 2 aromatic carbocycles. The lowest BCUT2D eigenvalue weighted by Crippen LogP contribution is -2.40. The van der Waals surface area contributed by atoms with Gasteiger partial charge in [0.15, 0.2) is 0 Å². The van der Waals surface area contributed by atoms with Crippen LogP contribution in [0.3, 0.4) is 0 Å². The van der Waals surface area contributed by atoms with E-state index in [2.05, 4.69) is 5.32 Å². The Morgan fingerprint density at radius 2 is 1.74 bits per heavy atom. The van der Waals surface area contributed by atoms with Crippen LogP contribution >= 0.6 is 11.6 Å². The number of aryl methyl sites for hydroxylation is 1. The van der Waals surface area contributed by atoms with E-state index < -0.39 is 5.54 Å². The second kappa shape index (κ2) is 5.70. The molecule has 1 saturated heterocycles. The number of hydrogen-bond acceptors (Lipinski definition) is 2. The summed E-state index contributed by atoms with van der Waals surface area (Å²) < 4.78 is 0. The summed E-state index contributed by atoms with van der Waals surface area (Å²) in [5.41, 5.74) is 1.65. The summed E-state index contributed by atoms with van der Waals surface area (Å²) in [4.78, 5) is 26.4. The number of rotatable bonds is 3. The Morgan fingerprint density at radius 1 is 1.09 bits per heavy atom. The van der Waals surface area contributed by atoms with E-state index in [9.17, 15) is 9.59 Å². The zero-order valence-corrected chi connectivity index (χ0v) is 13.7. The van der Waals surface area contributed by atoms with E-state index in [4.69, 9.17) is 11.6 Å². The van der Waals surface area contributed by atoms with Crippen molar-refractivity contribution >= 4 is 23.5 Å². The van der Waals surface area contributed by atoms with Crippen LogP contribution in [0.15, 0.2) is 48.5 Å². The van der Waals surface area contributed by atoms with Gasteiger partial charge in [-0.15, -0.1) is 0 Å². The lowest BCUT2D eigenvalue weighted by atomic mass is 9.92. The normalized spacial score (nSPS) is 20.7. The van der Waals surface area contributed by atoms with Gasteiger partial charge in [0.25, 0.3) is 5.91 Å². The van der Waals surface area contributed by atoms with E-state index in [0.717, 1.165) is 11.1 Å². The number of carbonyl (C=O) groups is 2. The average molecular weight is 329 g/mol. The monoisotopic (exact) mass is 328 g/mol. The molecule has 4 nitrogen and oxygen atoms in total. The molecule has 0 spiro atoms. The number of amides is 3. The Balaban J connectivity index is 1.90. The molecule has 1 heterocycles. The maximum atomic E-state index is 12.8. The number of nitrogens with zero attached hydrogens (tertiary/aromatic N) is 1. The highest BCUT2D eigenvalue weighted by Gasteiger charge is 2.48. The minimum absolute atomic E-state index is 0.256. The standard InChI is InChI=1S/C18H17ClN2O2/c1-12-5-3-4-6-13(12)11-21-16(22)18(2,20-17(21)23)14-7-9-15(19)10-8-14/h3-10H,11H2,1-2H3,(H,20,23)/t18-/m0/s1. The SMILES string of the molecule is Cc1ccccc1CN1C(=O)N[C@@](C)(c2ccc(Cl)cc2)C1=O. The molecular formula is C18H17ClN2O2. The van der Waals surface area contributed by atoms with Crippen LogP contribution in [0.25, 0.3) is 0 Å². The number of hydrogen-bond donors (Lipinski definition) is 1. The zero-order valence-electron chi connectivity index (χ0n) is 13.0. The molecule has 0 bridgehead atoms. The summed E-state index contributed by atoms with van der Waals surface area (Å²) in [6.45, 7) is 3.95. The third kappa shape index (κ3) is 2.70. The summed E-state index contributed by atoms with van der Waals surface area (Å²) in [6.07, 6.45) is 0. The van der Waals surface area contributed by atoms with E-state index >= 15 is 0 Å². The summed E-state index contributed by atoms with van der Waals surface area (Å²) in [5, 5.41) is 3.39. The minimum atomic E-state index is -1.07. The molecule has 1 aliphatic heterocycles. The summed E-state index contributed by atoms with van der Waals surface area (Å²) in [6, 6.07) is 14.3. The fourth-order valence-corrected chi connectivity index (χ4v) is 2.90. The summed E-state index contributed by atoms with van der Waals surface area (Å²) >= 11 is 5.90. The van der Waals surface area contributed by atoms with E-state index in [0.29, 0.717) is 10.6 Å². The minimum Gasteiger partial charge on any atom is -0.319 e. The predicted octanol–water partition coefficient (Wildman–Crippen LogP) is 3.62. The molecule has 23 heavy (non-hydrogen) atoms. The Kier molecular flexibility index (Phi) is 3.86. The van der Waals surface area contributed by atoms with E-state index in [-0.39, 0.29) is 18.5 Å². The Morgan fingerprint density at radius 3 is 2.39 bits per heavy atom. The van der Waals surface area contributed by atoms with Gasteiger partial charge in [0.1, 0.15) is 5.54 Å². The Hall–Kier alpha value is -2.33. The van der Waals surface area contributed by atoms with Crippen molar-refractivity contribution in [3.8, 4) is 0 Å². The van der Waals surface area contributed by atoms with Crippen molar-refractivity contribution in [2.75, 3.05) is 0 Å². The molecular weight excluding hydrogens is 312 g/mol. The van der Waals surface area contributed by atoms with Crippen LogP contribution in [0.4, 0.5) is 4.79 Å². The molecule has 3 rings (SSSR count). The van der Waals surface area contributed by atoms with Crippen molar-refractivity contribution in [1.82, 2.24) is 10.2 Å². The molecule has 0 unspecified atom stereocenters. The second-order valence-electron chi connectivity index (χ2n) is 5.88. The fourth-order valence-electron chi connectivity index (χ4n) is 2.78. The molecule has 1 aliphatic rings. The molecule has 0 aromatic heterocycles. The third-order valence-corrected chi connectivity index (χ3v) is 4.54. The largest absolute Gasteiger partial charge is 0.325 e. The van der Waals surface area contributed by atoms with Gasteiger partial charge in [-0.3, -0.25) is 9.69 Å². The van der Waals surface area contributed by atoms with Gasteiger partial charge in [-0.1, -0.05) is 48.0 Å². The quantitative estimate of drug-likeness (QED) is 0.875. The molecule has 2 aromatic rings. The molecule has 0 radical (unpaired) electrons. The predicted molar refractivity (Wildman–Crippen MR) is 89.1 cm³/mol. The van der Waals surface area contributed by atoms with Crippen molar-refractivity contribution < 1.29 is 9.59 Å². The van der Waals surface area contributed by atoms with Gasteiger partial charge in [0.05, 0.1) is 6.54 Å². The van der Waals surface area contributed by atoms with Gasteiger partial charge in [0.2, 0.25) is 0 Å². The van der Waals surface area contributed by atoms with Crippen LogP contribution in [0.5, 0.6) is 0 Å². The van der Waals surface area contributed by atoms with E-state index in [1.807, 2.05) is 31.2 Å². The number of carbonyl (C=O) groups excluding carboxylic acids is 2. The number of halogens is 1. The van der Waals surface area contributed by atoms with Crippen LogP contribution in [0, 0.1) is 6.92 Å². The Labute approximate surface area is 140 Å². The maximum absolute atomic E-state index is 12.8. The fraction of sp³-hybridized carbons (Fsp3) is 0.222. The third-order valence-electron chi connectivity index (χ3n) is 4.29. The second-order valence-corrected chi connectivity index (χ2v) is 6.32. The highest BCUT2D eigenvalue weighted by Crippen LogP contribution is 2.30. The van der Waals surface area contributed by atoms with Crippen LogP contribution in [-0.2, 0) is 16.9 Å². The topological polar surface area (TPSA) is 49.4 Å². The van der Waals surface area contributed by atoms with Crippen molar-refractivity contribution in [2.45, 2.75) is 25.9 Å². The number of benzene rings is 2. The Bertz CT molecular complexity index is 773. The van der Waals surface area contributed by atoms with Gasteiger partial charge in [-0.2, -0.15) is 0 Å². The van der Waals surface area contributed by atoms with Gasteiger partial charge in [-0.05, 0) is 42.7 Å². The first-order chi connectivity index (χ1) is 10.9.